The van der Waals surface area contributed by atoms with Crippen molar-refractivity contribution in [3.05, 3.63) is 50.5 Å². The van der Waals surface area contributed by atoms with Crippen LogP contribution in [0.4, 0.5) is 18.9 Å². The van der Waals surface area contributed by atoms with Crippen LogP contribution in [0.5, 0.6) is 0 Å². The van der Waals surface area contributed by atoms with Crippen molar-refractivity contribution in [1.29, 1.82) is 0 Å². The summed E-state index contributed by atoms with van der Waals surface area (Å²) < 4.78 is 48.3. The van der Waals surface area contributed by atoms with Crippen molar-refractivity contribution in [3.8, 4) is 11.3 Å². The van der Waals surface area contributed by atoms with Crippen LogP contribution >= 0.6 is 33.9 Å². The Morgan fingerprint density at radius 1 is 1.36 bits per heavy atom. The Morgan fingerprint density at radius 2 is 2.12 bits per heavy atom. The number of anilines is 1. The summed E-state index contributed by atoms with van der Waals surface area (Å²) in [6.07, 6.45) is -1.74. The molecule has 0 unspecified atom stereocenters. The van der Waals surface area contributed by atoms with E-state index in [9.17, 15) is 22.8 Å². The highest BCUT2D eigenvalue weighted by molar-refractivity contribution is 14.1. The molecule has 172 valence electrons. The molecule has 13 heteroatoms. The van der Waals surface area contributed by atoms with E-state index < -0.39 is 23.7 Å². The number of alkyl halides is 3. The fraction of sp³-hybridized carbons (Fsp3) is 0.200. The molecule has 0 aromatic carbocycles. The normalized spacial score (nSPS) is 11.8. The Hall–Kier alpha value is -2.94. The van der Waals surface area contributed by atoms with Gasteiger partial charge in [0.05, 0.1) is 28.3 Å². The first-order valence-electron chi connectivity index (χ1n) is 9.42. The number of halogens is 4. The second-order valence-corrected chi connectivity index (χ2v) is 9.14. The summed E-state index contributed by atoms with van der Waals surface area (Å²) in [6, 6.07) is 3.82. The first kappa shape index (κ1) is 23.2. The summed E-state index contributed by atoms with van der Waals surface area (Å²) in [5.74, 6) is -1.24. The molecular weight excluding hydrogens is 574 g/mol. The van der Waals surface area contributed by atoms with Crippen LogP contribution in [0.2, 0.25) is 0 Å². The summed E-state index contributed by atoms with van der Waals surface area (Å²) in [5, 5.41) is 6.97. The molecule has 0 fully saturated rings. The maximum Gasteiger partial charge on any atom is 0.433 e. The SMILES string of the molecule is Cc1c(I)cnn1CCC(=O)Nc1c(C(N)=O)sc2nc(C(F)(F)F)cc(-c3ccco3)c12. The zero-order valence-corrected chi connectivity index (χ0v) is 19.8. The number of carbonyl (C=O) groups is 2. The number of amides is 2. The molecular formula is C20H15F3IN5O3S. The van der Waals surface area contributed by atoms with Gasteiger partial charge in [0.1, 0.15) is 21.2 Å². The fourth-order valence-electron chi connectivity index (χ4n) is 3.22. The number of nitrogens with zero attached hydrogens (tertiary/aromatic N) is 3. The molecule has 4 rings (SSSR count). The van der Waals surface area contributed by atoms with Gasteiger partial charge in [-0.3, -0.25) is 14.3 Å². The lowest BCUT2D eigenvalue weighted by atomic mass is 10.1. The highest BCUT2D eigenvalue weighted by atomic mass is 127. The number of aryl methyl sites for hydroxylation is 1. The third-order valence-electron chi connectivity index (χ3n) is 4.82. The molecule has 3 N–H and O–H groups in total. The molecule has 2 amide bonds. The highest BCUT2D eigenvalue weighted by Gasteiger charge is 2.35. The average molecular weight is 589 g/mol. The molecule has 0 spiro atoms. The van der Waals surface area contributed by atoms with Crippen molar-refractivity contribution in [3.63, 3.8) is 0 Å². The largest absolute Gasteiger partial charge is 0.464 e. The number of nitrogens with one attached hydrogen (secondary N) is 1. The molecule has 0 atom stereocenters. The Labute approximate surface area is 202 Å². The number of carbonyl (C=O) groups excluding carboxylic acids is 2. The summed E-state index contributed by atoms with van der Waals surface area (Å²) in [6.45, 7) is 2.14. The Kier molecular flexibility index (Phi) is 6.18. The van der Waals surface area contributed by atoms with E-state index in [4.69, 9.17) is 10.2 Å². The van der Waals surface area contributed by atoms with E-state index in [0.29, 0.717) is 11.3 Å². The summed E-state index contributed by atoms with van der Waals surface area (Å²) in [4.78, 5) is 28.3. The van der Waals surface area contributed by atoms with Crippen molar-refractivity contribution in [2.45, 2.75) is 26.1 Å². The lowest BCUT2D eigenvalue weighted by Crippen LogP contribution is -2.18. The Bertz CT molecular complexity index is 1360. The van der Waals surface area contributed by atoms with Gasteiger partial charge >= 0.3 is 6.18 Å². The molecule has 0 aliphatic carbocycles. The number of thiophene rings is 1. The van der Waals surface area contributed by atoms with Crippen LogP contribution < -0.4 is 11.1 Å². The van der Waals surface area contributed by atoms with Gasteiger partial charge in [0.15, 0.2) is 0 Å². The van der Waals surface area contributed by atoms with Crippen LogP contribution in [0.15, 0.2) is 35.1 Å². The van der Waals surface area contributed by atoms with Gasteiger partial charge in [0.2, 0.25) is 5.91 Å². The molecule has 0 saturated heterocycles. The van der Waals surface area contributed by atoms with E-state index in [1.165, 1.54) is 18.4 Å². The van der Waals surface area contributed by atoms with Crippen molar-refractivity contribution < 1.29 is 27.2 Å². The molecule has 33 heavy (non-hydrogen) atoms. The second kappa shape index (κ2) is 8.78. The maximum absolute atomic E-state index is 13.5. The molecule has 4 heterocycles. The predicted molar refractivity (Wildman–Crippen MR) is 124 cm³/mol. The first-order chi connectivity index (χ1) is 15.6. The number of aromatic nitrogens is 3. The van der Waals surface area contributed by atoms with Gasteiger partial charge in [-0.2, -0.15) is 18.3 Å². The third-order valence-corrected chi connectivity index (χ3v) is 6.98. The summed E-state index contributed by atoms with van der Waals surface area (Å²) in [5.41, 5.74) is 5.25. The van der Waals surface area contributed by atoms with Crippen molar-refractivity contribution >= 4 is 61.6 Å². The van der Waals surface area contributed by atoms with Gasteiger partial charge in [-0.15, -0.1) is 11.3 Å². The van der Waals surface area contributed by atoms with Crippen LogP contribution in [0.1, 0.15) is 27.5 Å². The van der Waals surface area contributed by atoms with Crippen LogP contribution in [0.25, 0.3) is 21.5 Å². The number of primary amides is 1. The van der Waals surface area contributed by atoms with Gasteiger partial charge in [0, 0.05) is 23.1 Å². The molecule has 0 saturated carbocycles. The first-order valence-corrected chi connectivity index (χ1v) is 11.3. The van der Waals surface area contributed by atoms with E-state index in [0.717, 1.165) is 15.3 Å². The lowest BCUT2D eigenvalue weighted by Gasteiger charge is -2.11. The van der Waals surface area contributed by atoms with Crippen molar-refractivity contribution in [2.24, 2.45) is 5.73 Å². The minimum atomic E-state index is -4.73. The summed E-state index contributed by atoms with van der Waals surface area (Å²) in [7, 11) is 0. The molecule has 0 bridgehead atoms. The van der Waals surface area contributed by atoms with Crippen molar-refractivity contribution in [1.82, 2.24) is 14.8 Å². The standard InChI is InChI=1S/C20H15F3IN5O3S/c1-9-11(24)8-26-29(9)5-4-14(30)28-16-15-10(12-3-2-6-32-12)7-13(20(21,22)23)27-19(15)33-17(16)18(25)31/h2-3,6-8H,4-5H2,1H3,(H2,25,31)(H,28,30). The predicted octanol–water partition coefficient (Wildman–Crippen LogP) is 4.81. The smallest absolute Gasteiger partial charge is 0.433 e. The molecule has 0 radical (unpaired) electrons. The number of fused-ring (bicyclic) bond motifs is 1. The quantitative estimate of drug-likeness (QED) is 0.313. The number of furan rings is 1. The van der Waals surface area contributed by atoms with E-state index in [2.05, 4.69) is 38.0 Å². The van der Waals surface area contributed by atoms with E-state index >= 15 is 0 Å². The fourth-order valence-corrected chi connectivity index (χ4v) is 4.63. The molecule has 8 nitrogen and oxygen atoms in total. The zero-order chi connectivity index (χ0) is 23.9. The van der Waals surface area contributed by atoms with E-state index in [-0.39, 0.29) is 45.1 Å². The number of hydrogen-bond acceptors (Lipinski definition) is 6. The minimum absolute atomic E-state index is 0.00638. The Balaban J connectivity index is 1.78. The number of nitrogens with two attached hydrogens (primary N) is 1. The number of pyridine rings is 1. The molecule has 0 aliphatic heterocycles. The van der Waals surface area contributed by atoms with Crippen LogP contribution in [-0.4, -0.2) is 26.6 Å². The van der Waals surface area contributed by atoms with Gasteiger partial charge in [-0.1, -0.05) is 0 Å². The third kappa shape index (κ3) is 4.59. The van der Waals surface area contributed by atoms with E-state index in [1.807, 2.05) is 6.92 Å². The van der Waals surface area contributed by atoms with Gasteiger partial charge in [-0.05, 0) is 47.7 Å². The second-order valence-electron chi connectivity index (χ2n) is 6.98. The highest BCUT2D eigenvalue weighted by Crippen LogP contribution is 2.43. The molecule has 0 aliphatic rings. The topological polar surface area (TPSA) is 116 Å². The van der Waals surface area contributed by atoms with E-state index in [1.54, 1.807) is 10.9 Å². The monoisotopic (exact) mass is 589 g/mol. The minimum Gasteiger partial charge on any atom is -0.464 e. The lowest BCUT2D eigenvalue weighted by molar-refractivity contribution is -0.140. The zero-order valence-electron chi connectivity index (χ0n) is 16.9. The molecule has 4 aromatic rings. The Morgan fingerprint density at radius 3 is 2.70 bits per heavy atom. The van der Waals surface area contributed by atoms with Gasteiger partial charge in [0.25, 0.3) is 5.91 Å². The van der Waals surface area contributed by atoms with Gasteiger partial charge in [-0.25, -0.2) is 4.98 Å². The number of rotatable bonds is 6. The van der Waals surface area contributed by atoms with Crippen molar-refractivity contribution in [2.75, 3.05) is 5.32 Å². The van der Waals surface area contributed by atoms with Gasteiger partial charge < -0.3 is 15.5 Å². The maximum atomic E-state index is 13.5. The average Bonchev–Trinajstić information content (AvgIpc) is 3.46. The summed E-state index contributed by atoms with van der Waals surface area (Å²) >= 11 is 2.80. The van der Waals surface area contributed by atoms with Crippen LogP contribution in [-0.2, 0) is 17.5 Å². The number of hydrogen-bond donors (Lipinski definition) is 2. The molecule has 4 aromatic heterocycles. The van der Waals surface area contributed by atoms with Crippen LogP contribution in [0, 0.1) is 10.5 Å². The van der Waals surface area contributed by atoms with Crippen LogP contribution in [0.3, 0.4) is 0 Å².